The number of amides is 1. The molecule has 0 radical (unpaired) electrons. The van der Waals surface area contributed by atoms with E-state index in [9.17, 15) is 4.79 Å². The third kappa shape index (κ3) is 4.45. The van der Waals surface area contributed by atoms with Crippen LogP contribution in [-0.2, 0) is 4.79 Å². The molecule has 1 amide bonds. The van der Waals surface area contributed by atoms with E-state index < -0.39 is 0 Å². The zero-order valence-corrected chi connectivity index (χ0v) is 14.2. The summed E-state index contributed by atoms with van der Waals surface area (Å²) in [6.07, 6.45) is 9.14. The molecule has 0 aliphatic heterocycles. The van der Waals surface area contributed by atoms with Gasteiger partial charge in [0.1, 0.15) is 0 Å². The molecule has 0 saturated heterocycles. The topological polar surface area (TPSA) is 46.3 Å². The van der Waals surface area contributed by atoms with Gasteiger partial charge >= 0.3 is 0 Å². The van der Waals surface area contributed by atoms with Crippen LogP contribution in [0.2, 0.25) is 0 Å². The molecular formula is C18H34N2O. The first-order valence-corrected chi connectivity index (χ1v) is 9.05. The first kappa shape index (κ1) is 16.8. The van der Waals surface area contributed by atoms with Crippen LogP contribution in [0.3, 0.4) is 0 Å². The van der Waals surface area contributed by atoms with Crippen molar-refractivity contribution in [1.82, 2.24) is 4.90 Å². The zero-order valence-electron chi connectivity index (χ0n) is 14.2. The van der Waals surface area contributed by atoms with Crippen LogP contribution in [0.5, 0.6) is 0 Å². The third-order valence-corrected chi connectivity index (χ3v) is 5.58. The highest BCUT2D eigenvalue weighted by Gasteiger charge is 2.35. The molecule has 2 N–H and O–H groups in total. The van der Waals surface area contributed by atoms with E-state index in [0.29, 0.717) is 29.8 Å². The first-order chi connectivity index (χ1) is 9.99. The fraction of sp³-hybridized carbons (Fsp3) is 0.944. The van der Waals surface area contributed by atoms with E-state index in [4.69, 9.17) is 5.73 Å². The smallest absolute Gasteiger partial charge is 0.225 e. The van der Waals surface area contributed by atoms with Crippen molar-refractivity contribution in [2.75, 3.05) is 6.54 Å². The molecule has 0 aromatic carbocycles. The average molecular weight is 294 g/mol. The van der Waals surface area contributed by atoms with E-state index >= 15 is 0 Å². The highest BCUT2D eigenvalue weighted by molar-refractivity contribution is 5.79. The van der Waals surface area contributed by atoms with Crippen molar-refractivity contribution in [2.24, 2.45) is 23.5 Å². The summed E-state index contributed by atoms with van der Waals surface area (Å²) in [6, 6.07) is 0.812. The normalized spacial score (nSPS) is 30.8. The Bertz CT molecular complexity index is 336. The standard InChI is InChI=1S/C18H34N2O/c1-13(2)10-11-20(16-6-4-5-7-16)18(21)15-8-9-17(19)14(3)12-15/h13-17H,4-12,19H2,1-3H3. The summed E-state index contributed by atoms with van der Waals surface area (Å²) < 4.78 is 0. The molecule has 3 nitrogen and oxygen atoms in total. The van der Waals surface area contributed by atoms with Crippen molar-refractivity contribution in [2.45, 2.75) is 84.2 Å². The van der Waals surface area contributed by atoms with Crippen molar-refractivity contribution in [3.05, 3.63) is 0 Å². The van der Waals surface area contributed by atoms with Crippen molar-refractivity contribution in [1.29, 1.82) is 0 Å². The van der Waals surface area contributed by atoms with E-state index in [1.165, 1.54) is 25.7 Å². The second-order valence-corrected chi connectivity index (χ2v) is 7.80. The Labute approximate surface area is 130 Å². The van der Waals surface area contributed by atoms with Crippen LogP contribution in [0, 0.1) is 17.8 Å². The predicted molar refractivity (Wildman–Crippen MR) is 87.9 cm³/mol. The molecular weight excluding hydrogens is 260 g/mol. The van der Waals surface area contributed by atoms with E-state index in [1.807, 2.05) is 0 Å². The Kier molecular flexibility index (Phi) is 6.09. The summed E-state index contributed by atoms with van der Waals surface area (Å²) in [5.74, 6) is 1.82. The number of hydrogen-bond donors (Lipinski definition) is 1. The summed E-state index contributed by atoms with van der Waals surface area (Å²) >= 11 is 0. The Balaban J connectivity index is 1.99. The lowest BCUT2D eigenvalue weighted by Crippen LogP contribution is -2.46. The van der Waals surface area contributed by atoms with Gasteiger partial charge in [-0.25, -0.2) is 0 Å². The number of carbonyl (C=O) groups excluding carboxylic acids is 1. The van der Waals surface area contributed by atoms with Crippen molar-refractivity contribution in [3.63, 3.8) is 0 Å². The van der Waals surface area contributed by atoms with Gasteiger partial charge in [0, 0.05) is 24.5 Å². The number of hydrogen-bond acceptors (Lipinski definition) is 2. The monoisotopic (exact) mass is 294 g/mol. The summed E-state index contributed by atoms with van der Waals surface area (Å²) in [5.41, 5.74) is 6.11. The van der Waals surface area contributed by atoms with Crippen LogP contribution < -0.4 is 5.73 Å². The minimum atomic E-state index is 0.229. The first-order valence-electron chi connectivity index (χ1n) is 9.05. The highest BCUT2D eigenvalue weighted by atomic mass is 16.2. The number of nitrogens with zero attached hydrogens (tertiary/aromatic N) is 1. The molecule has 2 aliphatic rings. The summed E-state index contributed by atoms with van der Waals surface area (Å²) in [5, 5.41) is 0. The van der Waals surface area contributed by atoms with Crippen LogP contribution in [0.1, 0.15) is 72.1 Å². The molecule has 2 saturated carbocycles. The third-order valence-electron chi connectivity index (χ3n) is 5.58. The van der Waals surface area contributed by atoms with E-state index in [0.717, 1.165) is 32.2 Å². The minimum absolute atomic E-state index is 0.229. The summed E-state index contributed by atoms with van der Waals surface area (Å²) in [6.45, 7) is 7.66. The van der Waals surface area contributed by atoms with Crippen LogP contribution in [-0.4, -0.2) is 29.4 Å². The van der Waals surface area contributed by atoms with Gasteiger partial charge in [0.05, 0.1) is 0 Å². The molecule has 21 heavy (non-hydrogen) atoms. The molecule has 0 spiro atoms. The number of rotatable bonds is 5. The fourth-order valence-electron chi connectivity index (χ4n) is 3.96. The summed E-state index contributed by atoms with van der Waals surface area (Å²) in [4.78, 5) is 15.3. The van der Waals surface area contributed by atoms with E-state index in [1.54, 1.807) is 0 Å². The second-order valence-electron chi connectivity index (χ2n) is 7.80. The second kappa shape index (κ2) is 7.62. The van der Waals surface area contributed by atoms with Gasteiger partial charge in [0.25, 0.3) is 0 Å². The Hall–Kier alpha value is -0.570. The maximum absolute atomic E-state index is 13.0. The summed E-state index contributed by atoms with van der Waals surface area (Å²) in [7, 11) is 0. The lowest BCUT2D eigenvalue weighted by Gasteiger charge is -2.37. The molecule has 2 fully saturated rings. The lowest BCUT2D eigenvalue weighted by molar-refractivity contribution is -0.139. The number of carbonyl (C=O) groups is 1. The molecule has 0 aromatic rings. The lowest BCUT2D eigenvalue weighted by atomic mass is 9.78. The van der Waals surface area contributed by atoms with Gasteiger partial charge in [-0.3, -0.25) is 4.79 Å². The highest BCUT2D eigenvalue weighted by Crippen LogP contribution is 2.32. The molecule has 122 valence electrons. The van der Waals surface area contributed by atoms with Gasteiger partial charge in [0.15, 0.2) is 0 Å². The quantitative estimate of drug-likeness (QED) is 0.842. The van der Waals surface area contributed by atoms with Crippen LogP contribution in [0.4, 0.5) is 0 Å². The Morgan fingerprint density at radius 1 is 1.19 bits per heavy atom. The molecule has 0 heterocycles. The molecule has 2 rings (SSSR count). The SMILES string of the molecule is CC(C)CCN(C(=O)C1CCC(N)C(C)C1)C1CCCC1. The van der Waals surface area contributed by atoms with Gasteiger partial charge in [-0.1, -0.05) is 33.6 Å². The van der Waals surface area contributed by atoms with E-state index in [-0.39, 0.29) is 5.92 Å². The van der Waals surface area contributed by atoms with E-state index in [2.05, 4.69) is 25.7 Å². The van der Waals surface area contributed by atoms with Gasteiger partial charge in [-0.05, 0) is 50.4 Å². The molecule has 3 unspecified atom stereocenters. The molecule has 2 aliphatic carbocycles. The van der Waals surface area contributed by atoms with Crippen molar-refractivity contribution < 1.29 is 4.79 Å². The Morgan fingerprint density at radius 2 is 1.86 bits per heavy atom. The van der Waals surface area contributed by atoms with Gasteiger partial charge in [0.2, 0.25) is 5.91 Å². The van der Waals surface area contributed by atoms with Gasteiger partial charge in [-0.15, -0.1) is 0 Å². The van der Waals surface area contributed by atoms with Crippen LogP contribution in [0.15, 0.2) is 0 Å². The zero-order chi connectivity index (χ0) is 15.4. The Morgan fingerprint density at radius 3 is 2.43 bits per heavy atom. The van der Waals surface area contributed by atoms with Gasteiger partial charge < -0.3 is 10.6 Å². The van der Waals surface area contributed by atoms with Crippen molar-refractivity contribution >= 4 is 5.91 Å². The molecule has 3 atom stereocenters. The van der Waals surface area contributed by atoms with Crippen LogP contribution in [0.25, 0.3) is 0 Å². The maximum atomic E-state index is 13.0. The fourth-order valence-corrected chi connectivity index (χ4v) is 3.96. The van der Waals surface area contributed by atoms with Gasteiger partial charge in [-0.2, -0.15) is 0 Å². The van der Waals surface area contributed by atoms with Crippen LogP contribution >= 0.6 is 0 Å². The minimum Gasteiger partial charge on any atom is -0.339 e. The molecule has 0 bridgehead atoms. The average Bonchev–Trinajstić information content (AvgIpc) is 2.95. The van der Waals surface area contributed by atoms with Crippen molar-refractivity contribution in [3.8, 4) is 0 Å². The number of nitrogens with two attached hydrogens (primary N) is 1. The molecule has 3 heteroatoms. The largest absolute Gasteiger partial charge is 0.339 e. The maximum Gasteiger partial charge on any atom is 0.225 e. The molecule has 0 aromatic heterocycles. The predicted octanol–water partition coefficient (Wildman–Crippen LogP) is 3.57.